The molecule has 6 rings (SSSR count). The van der Waals surface area contributed by atoms with Gasteiger partial charge in [0, 0.05) is 39.2 Å². The highest BCUT2D eigenvalue weighted by molar-refractivity contribution is 8.00. The Bertz CT molecular complexity index is 2210. The Morgan fingerprint density at radius 1 is 0.837 bits per heavy atom. The van der Waals surface area contributed by atoms with Crippen LogP contribution in [0.5, 0.6) is 0 Å². The zero-order chi connectivity index (χ0) is 34.2. The number of nitro groups is 1. The van der Waals surface area contributed by atoms with Crippen molar-refractivity contribution in [3.8, 4) is 11.3 Å². The van der Waals surface area contributed by atoms with Gasteiger partial charge in [0.05, 0.1) is 16.4 Å². The van der Waals surface area contributed by atoms with Gasteiger partial charge in [0.25, 0.3) is 17.5 Å². The Hall–Kier alpha value is -6.11. The molecule has 242 valence electrons. The molecule has 0 radical (unpaired) electrons. The van der Waals surface area contributed by atoms with Crippen LogP contribution in [0, 0.1) is 10.1 Å². The number of aromatic nitrogens is 1. The van der Waals surface area contributed by atoms with Gasteiger partial charge in [0.2, 0.25) is 5.91 Å². The van der Waals surface area contributed by atoms with E-state index >= 15 is 0 Å². The smallest absolute Gasteiger partial charge is 0.272 e. The van der Waals surface area contributed by atoms with Crippen LogP contribution < -0.4 is 16.0 Å². The fraction of sp³-hybridized carbons (Fsp3) is 0.0270. The van der Waals surface area contributed by atoms with Gasteiger partial charge in [-0.3, -0.25) is 24.5 Å². The first kappa shape index (κ1) is 32.8. The van der Waals surface area contributed by atoms with Gasteiger partial charge in [0.15, 0.2) is 5.13 Å². The molecule has 3 N–H and O–H groups in total. The number of anilines is 2. The zero-order valence-electron chi connectivity index (χ0n) is 25.7. The van der Waals surface area contributed by atoms with Crippen LogP contribution in [0.3, 0.4) is 0 Å². The van der Waals surface area contributed by atoms with E-state index in [1.807, 2.05) is 54.6 Å². The molecule has 0 saturated heterocycles. The summed E-state index contributed by atoms with van der Waals surface area (Å²) in [6.45, 7) is 0. The molecule has 0 unspecified atom stereocenters. The van der Waals surface area contributed by atoms with Crippen LogP contribution in [0.1, 0.15) is 15.9 Å². The lowest BCUT2D eigenvalue weighted by atomic mass is 10.0. The van der Waals surface area contributed by atoms with Gasteiger partial charge in [-0.25, -0.2) is 4.98 Å². The molecule has 1 heterocycles. The van der Waals surface area contributed by atoms with Crippen molar-refractivity contribution < 1.29 is 19.3 Å². The first-order chi connectivity index (χ1) is 23.8. The fourth-order valence-electron chi connectivity index (χ4n) is 4.88. The van der Waals surface area contributed by atoms with E-state index in [0.29, 0.717) is 27.6 Å². The molecule has 0 bridgehead atoms. The lowest BCUT2D eigenvalue weighted by Gasteiger charge is -2.13. The largest absolute Gasteiger partial charge is 0.321 e. The van der Waals surface area contributed by atoms with Crippen LogP contribution in [0.15, 0.2) is 137 Å². The number of benzene rings is 5. The average molecular weight is 686 g/mol. The van der Waals surface area contributed by atoms with E-state index in [4.69, 9.17) is 0 Å². The fourth-order valence-corrected chi connectivity index (χ4v) is 6.37. The second kappa shape index (κ2) is 15.2. The van der Waals surface area contributed by atoms with Crippen LogP contribution in [-0.4, -0.2) is 33.4 Å². The lowest BCUT2D eigenvalue weighted by Crippen LogP contribution is -2.30. The van der Waals surface area contributed by atoms with Crippen molar-refractivity contribution in [1.29, 1.82) is 0 Å². The van der Waals surface area contributed by atoms with Crippen molar-refractivity contribution >= 4 is 74.2 Å². The number of nitrogens with one attached hydrogen (secondary N) is 3. The van der Waals surface area contributed by atoms with Gasteiger partial charge in [-0.2, -0.15) is 0 Å². The summed E-state index contributed by atoms with van der Waals surface area (Å²) in [6, 6.07) is 35.4. The molecule has 10 nitrogen and oxygen atoms in total. The molecule has 0 spiro atoms. The third-order valence-corrected chi connectivity index (χ3v) is 8.97. The summed E-state index contributed by atoms with van der Waals surface area (Å²) in [5.74, 6) is -1.15. The van der Waals surface area contributed by atoms with Crippen LogP contribution >= 0.6 is 23.1 Å². The SMILES string of the molecule is O=C(CSc1cccc(NC(=O)/C(=C\c2cccc3ccccc23)NC(=O)c2ccccc2)c1)Nc1nc(-c2cccc([N+](=O)[O-])c2)cs1. The first-order valence-electron chi connectivity index (χ1n) is 14.9. The monoisotopic (exact) mass is 685 g/mol. The van der Waals surface area contributed by atoms with Crippen molar-refractivity contribution in [3.05, 3.63) is 154 Å². The van der Waals surface area contributed by atoms with E-state index in [2.05, 4.69) is 20.9 Å². The molecule has 0 saturated carbocycles. The summed E-state index contributed by atoms with van der Waals surface area (Å²) in [7, 11) is 0. The second-order valence-corrected chi connectivity index (χ2v) is 12.5. The summed E-state index contributed by atoms with van der Waals surface area (Å²) >= 11 is 2.49. The predicted molar refractivity (Wildman–Crippen MR) is 194 cm³/mol. The van der Waals surface area contributed by atoms with Crippen molar-refractivity contribution in [1.82, 2.24) is 10.3 Å². The van der Waals surface area contributed by atoms with E-state index in [1.54, 1.807) is 66.1 Å². The van der Waals surface area contributed by atoms with Gasteiger partial charge in [-0.05, 0) is 52.7 Å². The van der Waals surface area contributed by atoms with Crippen molar-refractivity contribution in [2.24, 2.45) is 0 Å². The maximum absolute atomic E-state index is 13.7. The van der Waals surface area contributed by atoms with Crippen LogP contribution in [-0.2, 0) is 9.59 Å². The van der Waals surface area contributed by atoms with Gasteiger partial charge >= 0.3 is 0 Å². The molecular formula is C37H27N5O5S2. The third-order valence-electron chi connectivity index (χ3n) is 7.22. The number of hydrogen-bond donors (Lipinski definition) is 3. The number of thioether (sulfide) groups is 1. The molecule has 3 amide bonds. The Labute approximate surface area is 289 Å². The van der Waals surface area contributed by atoms with Crippen molar-refractivity contribution in [2.45, 2.75) is 4.90 Å². The molecule has 12 heteroatoms. The average Bonchev–Trinajstić information content (AvgIpc) is 3.59. The van der Waals surface area contributed by atoms with Gasteiger partial charge in [0.1, 0.15) is 5.70 Å². The van der Waals surface area contributed by atoms with Gasteiger partial charge in [-0.1, -0.05) is 78.9 Å². The molecule has 5 aromatic carbocycles. The number of rotatable bonds is 11. The first-order valence-corrected chi connectivity index (χ1v) is 16.8. The minimum absolute atomic E-state index is 0.0418. The second-order valence-electron chi connectivity index (χ2n) is 10.6. The van der Waals surface area contributed by atoms with Gasteiger partial charge < -0.3 is 16.0 Å². The number of fused-ring (bicyclic) bond motifs is 1. The third kappa shape index (κ3) is 8.44. The van der Waals surface area contributed by atoms with E-state index in [9.17, 15) is 24.5 Å². The van der Waals surface area contributed by atoms with Crippen LogP contribution in [0.4, 0.5) is 16.5 Å². The Morgan fingerprint density at radius 3 is 2.43 bits per heavy atom. The van der Waals surface area contributed by atoms with E-state index < -0.39 is 16.7 Å². The maximum Gasteiger partial charge on any atom is 0.272 e. The molecule has 1 aromatic heterocycles. The Balaban J connectivity index is 1.13. The minimum Gasteiger partial charge on any atom is -0.321 e. The number of amides is 3. The maximum atomic E-state index is 13.7. The summed E-state index contributed by atoms with van der Waals surface area (Å²) in [5.41, 5.74) is 2.78. The summed E-state index contributed by atoms with van der Waals surface area (Å²) in [4.78, 5) is 55.3. The number of thiazole rings is 1. The number of hydrogen-bond acceptors (Lipinski definition) is 8. The van der Waals surface area contributed by atoms with Crippen molar-refractivity contribution in [3.63, 3.8) is 0 Å². The predicted octanol–water partition coefficient (Wildman–Crippen LogP) is 8.01. The molecular weight excluding hydrogens is 659 g/mol. The quantitative estimate of drug-likeness (QED) is 0.0543. The highest BCUT2D eigenvalue weighted by Crippen LogP contribution is 2.28. The zero-order valence-corrected chi connectivity index (χ0v) is 27.3. The Morgan fingerprint density at radius 2 is 1.59 bits per heavy atom. The number of nitro benzene ring substituents is 1. The number of nitrogens with zero attached hydrogens (tertiary/aromatic N) is 2. The van der Waals surface area contributed by atoms with Crippen LogP contribution in [0.2, 0.25) is 0 Å². The molecule has 0 aliphatic heterocycles. The molecule has 49 heavy (non-hydrogen) atoms. The number of carbonyl (C=O) groups excluding carboxylic acids is 3. The molecule has 0 aliphatic carbocycles. The van der Waals surface area contributed by atoms with E-state index in [-0.39, 0.29) is 23.0 Å². The summed E-state index contributed by atoms with van der Waals surface area (Å²) < 4.78 is 0. The highest BCUT2D eigenvalue weighted by atomic mass is 32.2. The molecule has 0 aliphatic rings. The molecule has 0 atom stereocenters. The molecule has 6 aromatic rings. The summed E-state index contributed by atoms with van der Waals surface area (Å²) in [5, 5.41) is 23.6. The van der Waals surface area contributed by atoms with Gasteiger partial charge in [-0.15, -0.1) is 23.1 Å². The van der Waals surface area contributed by atoms with E-state index in [0.717, 1.165) is 21.2 Å². The van der Waals surface area contributed by atoms with Crippen molar-refractivity contribution in [2.75, 3.05) is 16.4 Å². The van der Waals surface area contributed by atoms with Crippen LogP contribution in [0.25, 0.3) is 28.1 Å². The lowest BCUT2D eigenvalue weighted by molar-refractivity contribution is -0.384. The standard InChI is InChI=1S/C37H27N5O5S2/c43-34(41-37-40-33(22-49-37)27-14-7-16-29(19-27)42(46)47)23-48-30-17-8-15-28(21-30)38-36(45)32(39-35(44)25-10-2-1-3-11-25)20-26-13-6-12-24-9-4-5-18-31(24)26/h1-22H,23H2,(H,38,45)(H,39,44)(H,40,41,43)/b32-20+. The highest BCUT2D eigenvalue weighted by Gasteiger charge is 2.17. The molecule has 0 fully saturated rings. The van der Waals surface area contributed by atoms with E-state index in [1.165, 1.54) is 35.2 Å². The summed E-state index contributed by atoms with van der Waals surface area (Å²) in [6.07, 6.45) is 1.66. The normalized spacial score (nSPS) is 11.1. The Kier molecular flexibility index (Phi) is 10.2. The number of non-ortho nitro benzene ring substituents is 1. The topological polar surface area (TPSA) is 143 Å². The minimum atomic E-state index is -0.513. The number of carbonyl (C=O) groups is 3.